The van der Waals surface area contributed by atoms with Crippen LogP contribution in [0.1, 0.15) is 84.5 Å². The summed E-state index contributed by atoms with van der Waals surface area (Å²) in [6, 6.07) is 11.2. The number of hydrogen-bond donors (Lipinski definition) is 1. The molecule has 0 atom stereocenters. The molecule has 3 aliphatic rings. The minimum Gasteiger partial charge on any atom is -0.375 e. The van der Waals surface area contributed by atoms with Crippen LogP contribution in [-0.2, 0) is 5.54 Å². The second-order valence-corrected chi connectivity index (χ2v) is 8.63. The number of nitrogens with one attached hydrogen (secondary N) is 1. The van der Waals surface area contributed by atoms with Crippen molar-refractivity contribution in [3.63, 3.8) is 0 Å². The van der Waals surface area contributed by atoms with E-state index in [9.17, 15) is 0 Å². The van der Waals surface area contributed by atoms with Gasteiger partial charge in [0, 0.05) is 34.1 Å². The van der Waals surface area contributed by atoms with E-state index in [0.29, 0.717) is 5.92 Å². The number of nitrogens with zero attached hydrogens (tertiary/aromatic N) is 1. The zero-order valence-electron chi connectivity index (χ0n) is 16.3. The first kappa shape index (κ1) is 16.8. The van der Waals surface area contributed by atoms with Crippen molar-refractivity contribution < 1.29 is 0 Å². The molecular formula is C25H28N2. The highest BCUT2D eigenvalue weighted by Gasteiger charge is 2.41. The van der Waals surface area contributed by atoms with Crippen molar-refractivity contribution in [2.24, 2.45) is 0 Å². The minimum atomic E-state index is 0.0874. The second kappa shape index (κ2) is 6.09. The summed E-state index contributed by atoms with van der Waals surface area (Å²) in [5.41, 5.74) is 9.67. The van der Waals surface area contributed by atoms with Crippen LogP contribution in [0, 0.1) is 6.92 Å². The zero-order chi connectivity index (χ0) is 18.6. The van der Waals surface area contributed by atoms with Crippen LogP contribution in [0.25, 0.3) is 11.3 Å². The van der Waals surface area contributed by atoms with Gasteiger partial charge in [0.25, 0.3) is 0 Å². The van der Waals surface area contributed by atoms with Gasteiger partial charge in [-0.15, -0.1) is 0 Å². The van der Waals surface area contributed by atoms with Gasteiger partial charge in [0.15, 0.2) is 0 Å². The SMILES string of the molecule is C=C1NC2(CCCCC2)c2cc(C(=C)c3ccc(C4CC4)nc3C)ccc21. The Kier molecular flexibility index (Phi) is 3.79. The Bertz CT molecular complexity index is 943. The van der Waals surface area contributed by atoms with Crippen molar-refractivity contribution in [3.05, 3.63) is 77.1 Å². The molecule has 1 spiro atoms. The lowest BCUT2D eigenvalue weighted by molar-refractivity contribution is 0.276. The molecule has 27 heavy (non-hydrogen) atoms. The standard InChI is InChI=1S/C25H28N2/c1-16(21-11-12-24(19-7-8-19)26-17(21)2)20-9-10-22-18(3)27-25(23(22)15-20)13-5-4-6-14-25/h9-12,15,19,27H,1,3-8,13-14H2,2H3. The van der Waals surface area contributed by atoms with Crippen LogP contribution in [0.5, 0.6) is 0 Å². The fourth-order valence-electron chi connectivity index (χ4n) is 5.03. The number of rotatable bonds is 3. The molecule has 2 aromatic rings. The Hall–Kier alpha value is -2.35. The highest BCUT2D eigenvalue weighted by atomic mass is 15.0. The largest absolute Gasteiger partial charge is 0.375 e. The normalized spacial score (nSPS) is 20.4. The van der Waals surface area contributed by atoms with E-state index < -0.39 is 0 Å². The molecule has 0 bridgehead atoms. The summed E-state index contributed by atoms with van der Waals surface area (Å²) in [6.45, 7) is 10.8. The van der Waals surface area contributed by atoms with Crippen molar-refractivity contribution in [2.45, 2.75) is 63.3 Å². The van der Waals surface area contributed by atoms with E-state index in [4.69, 9.17) is 4.98 Å². The van der Waals surface area contributed by atoms with Crippen molar-refractivity contribution >= 4 is 11.3 Å². The average Bonchev–Trinajstić information content (AvgIpc) is 3.49. The molecule has 0 amide bonds. The molecule has 2 heteroatoms. The summed E-state index contributed by atoms with van der Waals surface area (Å²) < 4.78 is 0. The first-order valence-electron chi connectivity index (χ1n) is 10.4. The maximum atomic E-state index is 4.86. The van der Waals surface area contributed by atoms with Gasteiger partial charge in [0.05, 0.1) is 5.54 Å². The summed E-state index contributed by atoms with van der Waals surface area (Å²) in [5.74, 6) is 0.689. The highest BCUT2D eigenvalue weighted by Crippen LogP contribution is 2.46. The summed E-state index contributed by atoms with van der Waals surface area (Å²) in [7, 11) is 0. The Labute approximate surface area is 162 Å². The van der Waals surface area contributed by atoms with Gasteiger partial charge in [0.1, 0.15) is 0 Å². The number of hydrogen-bond acceptors (Lipinski definition) is 2. The summed E-state index contributed by atoms with van der Waals surface area (Å²) in [5, 5.41) is 3.74. The topological polar surface area (TPSA) is 24.9 Å². The van der Waals surface area contributed by atoms with E-state index in [1.54, 1.807) is 0 Å². The summed E-state index contributed by atoms with van der Waals surface area (Å²) in [4.78, 5) is 4.86. The Morgan fingerprint density at radius 3 is 2.59 bits per heavy atom. The zero-order valence-corrected chi connectivity index (χ0v) is 16.3. The van der Waals surface area contributed by atoms with E-state index in [-0.39, 0.29) is 5.54 Å². The summed E-state index contributed by atoms with van der Waals surface area (Å²) >= 11 is 0. The fourth-order valence-corrected chi connectivity index (χ4v) is 5.03. The Morgan fingerprint density at radius 1 is 1.11 bits per heavy atom. The lowest BCUT2D eigenvalue weighted by atomic mass is 9.76. The third-order valence-electron chi connectivity index (χ3n) is 6.73. The van der Waals surface area contributed by atoms with Crippen LogP contribution < -0.4 is 5.32 Å². The average molecular weight is 357 g/mol. The van der Waals surface area contributed by atoms with Gasteiger partial charge in [-0.25, -0.2) is 0 Å². The molecule has 0 radical (unpaired) electrons. The Morgan fingerprint density at radius 2 is 1.89 bits per heavy atom. The van der Waals surface area contributed by atoms with Gasteiger partial charge in [-0.2, -0.15) is 0 Å². The van der Waals surface area contributed by atoms with Crippen molar-refractivity contribution in [2.75, 3.05) is 0 Å². The van der Waals surface area contributed by atoms with Gasteiger partial charge in [-0.05, 0) is 61.4 Å². The lowest BCUT2D eigenvalue weighted by Crippen LogP contribution is -2.38. The van der Waals surface area contributed by atoms with Crippen molar-refractivity contribution in [3.8, 4) is 0 Å². The maximum Gasteiger partial charge on any atom is 0.0632 e. The molecule has 2 heterocycles. The monoisotopic (exact) mass is 356 g/mol. The van der Waals surface area contributed by atoms with Crippen LogP contribution in [0.3, 0.4) is 0 Å². The molecule has 0 saturated heterocycles. The molecule has 1 aliphatic heterocycles. The van der Waals surface area contributed by atoms with Crippen LogP contribution in [0.15, 0.2) is 43.5 Å². The number of benzene rings is 1. The number of aryl methyl sites for hydroxylation is 1. The van der Waals surface area contributed by atoms with Gasteiger partial charge in [0.2, 0.25) is 0 Å². The van der Waals surface area contributed by atoms with Crippen LogP contribution in [-0.4, -0.2) is 4.98 Å². The third-order valence-corrected chi connectivity index (χ3v) is 6.73. The predicted octanol–water partition coefficient (Wildman–Crippen LogP) is 6.06. The molecule has 2 fully saturated rings. The van der Waals surface area contributed by atoms with Crippen molar-refractivity contribution in [1.82, 2.24) is 10.3 Å². The van der Waals surface area contributed by atoms with Crippen molar-refractivity contribution in [1.29, 1.82) is 0 Å². The van der Waals surface area contributed by atoms with Crippen LogP contribution >= 0.6 is 0 Å². The molecule has 1 N–H and O–H groups in total. The highest BCUT2D eigenvalue weighted by molar-refractivity contribution is 5.82. The van der Waals surface area contributed by atoms with E-state index >= 15 is 0 Å². The Balaban J connectivity index is 1.52. The van der Waals surface area contributed by atoms with Gasteiger partial charge < -0.3 is 5.32 Å². The molecule has 2 aliphatic carbocycles. The minimum absolute atomic E-state index is 0.0874. The number of fused-ring (bicyclic) bond motifs is 2. The van der Waals surface area contributed by atoms with Crippen LogP contribution in [0.2, 0.25) is 0 Å². The molecule has 2 nitrogen and oxygen atoms in total. The number of pyridine rings is 1. The molecular weight excluding hydrogens is 328 g/mol. The molecule has 1 aromatic carbocycles. The van der Waals surface area contributed by atoms with E-state index in [1.807, 2.05) is 0 Å². The number of aromatic nitrogens is 1. The smallest absolute Gasteiger partial charge is 0.0632 e. The molecule has 1 aromatic heterocycles. The molecule has 5 rings (SSSR count). The molecule has 0 unspecified atom stereocenters. The van der Waals surface area contributed by atoms with Gasteiger partial charge in [-0.3, -0.25) is 4.98 Å². The van der Waals surface area contributed by atoms with Gasteiger partial charge >= 0.3 is 0 Å². The first-order valence-corrected chi connectivity index (χ1v) is 10.4. The van der Waals surface area contributed by atoms with Gasteiger partial charge in [-0.1, -0.05) is 50.6 Å². The predicted molar refractivity (Wildman–Crippen MR) is 112 cm³/mol. The van der Waals surface area contributed by atoms with E-state index in [2.05, 4.69) is 55.7 Å². The second-order valence-electron chi connectivity index (χ2n) is 8.63. The van der Waals surface area contributed by atoms with Crippen LogP contribution in [0.4, 0.5) is 0 Å². The maximum absolute atomic E-state index is 4.86. The summed E-state index contributed by atoms with van der Waals surface area (Å²) in [6.07, 6.45) is 8.90. The third kappa shape index (κ3) is 2.74. The first-order chi connectivity index (χ1) is 13.1. The lowest BCUT2D eigenvalue weighted by Gasteiger charge is -2.35. The fraction of sp³-hybridized carbons (Fsp3) is 0.400. The van der Waals surface area contributed by atoms with E-state index in [0.717, 1.165) is 17.0 Å². The molecule has 138 valence electrons. The molecule has 2 saturated carbocycles. The quantitative estimate of drug-likeness (QED) is 0.723. The van der Waals surface area contributed by atoms with E-state index in [1.165, 1.54) is 72.9 Å².